The van der Waals surface area contributed by atoms with Crippen LogP contribution in [0.2, 0.25) is 5.02 Å². The van der Waals surface area contributed by atoms with E-state index in [-0.39, 0.29) is 0 Å². The van der Waals surface area contributed by atoms with E-state index in [4.69, 9.17) is 11.6 Å². The highest BCUT2D eigenvalue weighted by atomic mass is 35.5. The number of hydrogen-bond donors (Lipinski definition) is 1. The molecule has 0 saturated heterocycles. The lowest BCUT2D eigenvalue weighted by Gasteiger charge is -2.31. The molecule has 1 aliphatic carbocycles. The van der Waals surface area contributed by atoms with Gasteiger partial charge >= 0.3 is 0 Å². The van der Waals surface area contributed by atoms with E-state index in [0.29, 0.717) is 12.0 Å². The minimum atomic E-state index is 0.470. The van der Waals surface area contributed by atoms with Crippen LogP contribution in [0, 0.1) is 5.92 Å². The van der Waals surface area contributed by atoms with E-state index in [1.165, 1.54) is 24.0 Å². The van der Waals surface area contributed by atoms with Gasteiger partial charge in [0.2, 0.25) is 0 Å². The first-order chi connectivity index (χ1) is 6.72. The van der Waals surface area contributed by atoms with Crippen LogP contribution in [0.3, 0.4) is 0 Å². The summed E-state index contributed by atoms with van der Waals surface area (Å²) in [6.07, 6.45) is 2.45. The zero-order valence-corrected chi connectivity index (χ0v) is 9.43. The Labute approximate surface area is 90.5 Å². The van der Waals surface area contributed by atoms with Gasteiger partial charge in [-0.15, -0.1) is 0 Å². The van der Waals surface area contributed by atoms with Gasteiger partial charge in [-0.3, -0.25) is 0 Å². The molecule has 2 heteroatoms. The Bertz CT molecular complexity index is 335. The fourth-order valence-corrected chi connectivity index (χ4v) is 2.56. The molecule has 1 aliphatic rings. The van der Waals surface area contributed by atoms with Crippen molar-refractivity contribution in [1.29, 1.82) is 0 Å². The molecule has 0 fully saturated rings. The molecule has 2 atom stereocenters. The second-order valence-electron chi connectivity index (χ2n) is 4.13. The molecule has 1 N–H and O–H groups in total. The van der Waals surface area contributed by atoms with Crippen LogP contribution in [0.25, 0.3) is 0 Å². The van der Waals surface area contributed by atoms with E-state index in [0.717, 1.165) is 5.02 Å². The molecule has 0 amide bonds. The molecule has 0 radical (unpaired) electrons. The third-order valence-corrected chi connectivity index (χ3v) is 3.43. The third-order valence-electron chi connectivity index (χ3n) is 3.19. The van der Waals surface area contributed by atoms with Crippen LogP contribution in [0.5, 0.6) is 0 Å². The van der Waals surface area contributed by atoms with Crippen molar-refractivity contribution in [1.82, 2.24) is 5.32 Å². The molecule has 14 heavy (non-hydrogen) atoms. The summed E-state index contributed by atoms with van der Waals surface area (Å²) < 4.78 is 0. The van der Waals surface area contributed by atoms with Crippen LogP contribution in [0.15, 0.2) is 18.2 Å². The summed E-state index contributed by atoms with van der Waals surface area (Å²) in [5, 5.41) is 4.22. The van der Waals surface area contributed by atoms with Gasteiger partial charge < -0.3 is 5.32 Å². The van der Waals surface area contributed by atoms with Crippen molar-refractivity contribution in [3.8, 4) is 0 Å². The Morgan fingerprint density at radius 2 is 2.21 bits per heavy atom. The molecular formula is C12H16ClN. The van der Waals surface area contributed by atoms with Gasteiger partial charge in [0.15, 0.2) is 0 Å². The molecular weight excluding hydrogens is 194 g/mol. The number of fused-ring (bicyclic) bond motifs is 1. The average molecular weight is 210 g/mol. The average Bonchev–Trinajstić information content (AvgIpc) is 2.17. The van der Waals surface area contributed by atoms with Gasteiger partial charge in [-0.05, 0) is 49.1 Å². The molecule has 0 spiro atoms. The lowest BCUT2D eigenvalue weighted by atomic mass is 9.81. The molecule has 2 rings (SSSR count). The summed E-state index contributed by atoms with van der Waals surface area (Å²) in [7, 11) is 2.02. The van der Waals surface area contributed by atoms with Gasteiger partial charge in [-0.25, -0.2) is 0 Å². The van der Waals surface area contributed by atoms with Crippen LogP contribution in [0.1, 0.15) is 30.5 Å². The lowest BCUT2D eigenvalue weighted by molar-refractivity contribution is 0.364. The van der Waals surface area contributed by atoms with Crippen molar-refractivity contribution in [3.63, 3.8) is 0 Å². The summed E-state index contributed by atoms with van der Waals surface area (Å²) in [4.78, 5) is 0. The second-order valence-corrected chi connectivity index (χ2v) is 4.56. The number of halogens is 1. The van der Waals surface area contributed by atoms with Gasteiger partial charge in [0.25, 0.3) is 0 Å². The maximum Gasteiger partial charge on any atom is 0.0409 e. The second kappa shape index (κ2) is 3.92. The summed E-state index contributed by atoms with van der Waals surface area (Å²) in [5.74, 6) is 0.700. The largest absolute Gasteiger partial charge is 0.313 e. The molecule has 1 aromatic carbocycles. The first kappa shape index (κ1) is 10.0. The molecule has 0 bridgehead atoms. The maximum absolute atomic E-state index is 6.02. The van der Waals surface area contributed by atoms with Crippen molar-refractivity contribution in [2.24, 2.45) is 5.92 Å². The smallest absolute Gasteiger partial charge is 0.0409 e. The molecule has 76 valence electrons. The van der Waals surface area contributed by atoms with Crippen molar-refractivity contribution >= 4 is 11.6 Å². The van der Waals surface area contributed by atoms with E-state index in [1.807, 2.05) is 13.1 Å². The van der Waals surface area contributed by atoms with Crippen LogP contribution < -0.4 is 5.32 Å². The summed E-state index contributed by atoms with van der Waals surface area (Å²) in [5.41, 5.74) is 2.84. The zero-order valence-electron chi connectivity index (χ0n) is 8.68. The highest BCUT2D eigenvalue weighted by Gasteiger charge is 2.24. The molecule has 0 aromatic heterocycles. The Kier molecular flexibility index (Phi) is 2.80. The molecule has 1 nitrogen and oxygen atoms in total. The number of hydrogen-bond acceptors (Lipinski definition) is 1. The highest BCUT2D eigenvalue weighted by molar-refractivity contribution is 6.30. The van der Waals surface area contributed by atoms with Gasteiger partial charge in [-0.1, -0.05) is 24.6 Å². The molecule has 2 unspecified atom stereocenters. The van der Waals surface area contributed by atoms with E-state index in [1.54, 1.807) is 0 Å². The summed E-state index contributed by atoms with van der Waals surface area (Å²) in [6.45, 7) is 2.30. The molecule has 0 aliphatic heterocycles. The molecule has 1 aromatic rings. The Balaban J connectivity index is 2.43. The van der Waals surface area contributed by atoms with E-state index >= 15 is 0 Å². The predicted molar refractivity (Wildman–Crippen MR) is 60.7 cm³/mol. The van der Waals surface area contributed by atoms with Crippen LogP contribution >= 0.6 is 11.6 Å². The predicted octanol–water partition coefficient (Wildman–Crippen LogP) is 3.18. The van der Waals surface area contributed by atoms with Gasteiger partial charge in [0, 0.05) is 11.1 Å². The van der Waals surface area contributed by atoms with E-state index in [2.05, 4.69) is 24.4 Å². The third kappa shape index (κ3) is 1.67. The zero-order chi connectivity index (χ0) is 10.1. The first-order valence-corrected chi connectivity index (χ1v) is 5.55. The van der Waals surface area contributed by atoms with Crippen LogP contribution in [-0.2, 0) is 6.42 Å². The minimum absolute atomic E-state index is 0.470. The van der Waals surface area contributed by atoms with E-state index in [9.17, 15) is 0 Å². The van der Waals surface area contributed by atoms with Crippen LogP contribution in [-0.4, -0.2) is 7.05 Å². The highest BCUT2D eigenvalue weighted by Crippen LogP contribution is 2.35. The summed E-state index contributed by atoms with van der Waals surface area (Å²) in [6, 6.07) is 6.72. The monoisotopic (exact) mass is 209 g/mol. The van der Waals surface area contributed by atoms with Crippen molar-refractivity contribution < 1.29 is 0 Å². The molecule has 0 heterocycles. The normalized spacial score (nSPS) is 25.9. The first-order valence-electron chi connectivity index (χ1n) is 5.18. The van der Waals surface area contributed by atoms with E-state index < -0.39 is 0 Å². The SMILES string of the molecule is CNC1c2cc(Cl)ccc2CCC1C. The van der Waals surface area contributed by atoms with Crippen LogP contribution in [0.4, 0.5) is 0 Å². The topological polar surface area (TPSA) is 12.0 Å². The minimum Gasteiger partial charge on any atom is -0.313 e. The molecule has 0 saturated carbocycles. The van der Waals surface area contributed by atoms with Crippen molar-refractivity contribution in [2.75, 3.05) is 7.05 Å². The van der Waals surface area contributed by atoms with Gasteiger partial charge in [0.1, 0.15) is 0 Å². The fraction of sp³-hybridized carbons (Fsp3) is 0.500. The van der Waals surface area contributed by atoms with Gasteiger partial charge in [0.05, 0.1) is 0 Å². The lowest BCUT2D eigenvalue weighted by Crippen LogP contribution is -2.28. The number of aryl methyl sites for hydroxylation is 1. The van der Waals surface area contributed by atoms with Gasteiger partial charge in [-0.2, -0.15) is 0 Å². The van der Waals surface area contributed by atoms with Crippen molar-refractivity contribution in [2.45, 2.75) is 25.8 Å². The number of benzene rings is 1. The number of nitrogens with one attached hydrogen (secondary N) is 1. The Hall–Kier alpha value is -0.530. The fourth-order valence-electron chi connectivity index (χ4n) is 2.38. The maximum atomic E-state index is 6.02. The standard InChI is InChI=1S/C12H16ClN/c1-8-3-4-9-5-6-10(13)7-11(9)12(8)14-2/h5-8,12,14H,3-4H2,1-2H3. The Morgan fingerprint density at radius 3 is 2.93 bits per heavy atom. The number of rotatable bonds is 1. The summed E-state index contributed by atoms with van der Waals surface area (Å²) >= 11 is 6.02. The van der Waals surface area contributed by atoms with Crippen molar-refractivity contribution in [3.05, 3.63) is 34.3 Å². The quantitative estimate of drug-likeness (QED) is 0.749. The Morgan fingerprint density at radius 1 is 1.43 bits per heavy atom.